The second-order valence-corrected chi connectivity index (χ2v) is 7.69. The van der Waals surface area contributed by atoms with Crippen LogP contribution in [0.15, 0.2) is 0 Å². The van der Waals surface area contributed by atoms with E-state index in [0.717, 1.165) is 29.8 Å². The molecule has 0 spiro atoms. The number of hydrogen-bond donors (Lipinski definition) is 1. The highest BCUT2D eigenvalue weighted by molar-refractivity contribution is 5.06. The molecule has 0 aromatic rings. The normalized spacial score (nSPS) is 40.5. The van der Waals surface area contributed by atoms with Gasteiger partial charge in [0.15, 0.2) is 0 Å². The Morgan fingerprint density at radius 3 is 2.60 bits per heavy atom. The molecule has 4 aliphatic rings. The Bertz CT molecular complexity index is 309. The van der Waals surface area contributed by atoms with Gasteiger partial charge in [-0.15, -0.1) is 0 Å². The molecule has 1 N–H and O–H groups in total. The summed E-state index contributed by atoms with van der Waals surface area (Å²) in [6, 6.07) is 1.72. The number of nitrogens with zero attached hydrogens (tertiary/aromatic N) is 2. The molecule has 4 saturated heterocycles. The molecule has 3 atom stereocenters. The molecular weight excluding hydrogens is 246 g/mol. The largest absolute Gasteiger partial charge is 0.320 e. The summed E-state index contributed by atoms with van der Waals surface area (Å²) in [7, 11) is 2.08. The van der Waals surface area contributed by atoms with Gasteiger partial charge in [0.1, 0.15) is 0 Å². The van der Waals surface area contributed by atoms with E-state index in [2.05, 4.69) is 36.0 Å². The first kappa shape index (κ1) is 14.8. The number of piperidine rings is 3. The Morgan fingerprint density at radius 2 is 1.95 bits per heavy atom. The maximum Gasteiger partial charge on any atom is 0.0294 e. The average Bonchev–Trinajstić information content (AvgIpc) is 2.80. The van der Waals surface area contributed by atoms with Crippen molar-refractivity contribution in [3.05, 3.63) is 0 Å². The van der Waals surface area contributed by atoms with Crippen LogP contribution in [0.4, 0.5) is 0 Å². The van der Waals surface area contributed by atoms with E-state index in [1.165, 1.54) is 58.4 Å². The summed E-state index contributed by atoms with van der Waals surface area (Å²) >= 11 is 0. The van der Waals surface area contributed by atoms with Gasteiger partial charge >= 0.3 is 0 Å². The fraction of sp³-hybridized carbons (Fsp3) is 1.00. The van der Waals surface area contributed by atoms with E-state index in [-0.39, 0.29) is 0 Å². The summed E-state index contributed by atoms with van der Waals surface area (Å²) in [4.78, 5) is 5.70. The lowest BCUT2D eigenvalue weighted by atomic mass is 9.73. The molecule has 4 fully saturated rings. The van der Waals surface area contributed by atoms with Gasteiger partial charge in [0.25, 0.3) is 0 Å². The zero-order chi connectivity index (χ0) is 14.1. The van der Waals surface area contributed by atoms with E-state index in [0.29, 0.717) is 0 Å². The van der Waals surface area contributed by atoms with E-state index >= 15 is 0 Å². The summed E-state index contributed by atoms with van der Waals surface area (Å²) in [6.07, 6.45) is 5.66. The smallest absolute Gasteiger partial charge is 0.0294 e. The van der Waals surface area contributed by atoms with Crippen molar-refractivity contribution in [3.63, 3.8) is 0 Å². The van der Waals surface area contributed by atoms with Gasteiger partial charge in [-0.2, -0.15) is 0 Å². The lowest BCUT2D eigenvalue weighted by molar-refractivity contribution is 0.00187. The van der Waals surface area contributed by atoms with Crippen LogP contribution < -0.4 is 5.32 Å². The third-order valence-electron chi connectivity index (χ3n) is 5.87. The number of fused-ring (bicyclic) bond motifs is 2. The Morgan fingerprint density at radius 1 is 1.20 bits per heavy atom. The Labute approximate surface area is 125 Å². The number of likely N-dealkylation sites (tertiary alicyclic amines) is 1. The quantitative estimate of drug-likeness (QED) is 0.751. The molecule has 20 heavy (non-hydrogen) atoms. The predicted octanol–water partition coefficient (Wildman–Crippen LogP) is 2.04. The SMILES string of the molecule is CNCCCC1C2C(CN1CC(C)C)C1CCN2CC1. The van der Waals surface area contributed by atoms with Crippen LogP contribution in [0.3, 0.4) is 0 Å². The highest BCUT2D eigenvalue weighted by Gasteiger charge is 2.51. The van der Waals surface area contributed by atoms with E-state index in [1.807, 2.05) is 0 Å². The molecule has 2 bridgehead atoms. The van der Waals surface area contributed by atoms with E-state index in [4.69, 9.17) is 0 Å². The van der Waals surface area contributed by atoms with E-state index in [1.54, 1.807) is 0 Å². The monoisotopic (exact) mass is 279 g/mol. The molecule has 0 aromatic carbocycles. The van der Waals surface area contributed by atoms with Crippen LogP contribution in [-0.2, 0) is 0 Å². The molecule has 4 aliphatic heterocycles. The van der Waals surface area contributed by atoms with Crippen LogP contribution in [0, 0.1) is 17.8 Å². The fourth-order valence-electron chi connectivity index (χ4n) is 5.12. The van der Waals surface area contributed by atoms with Gasteiger partial charge in [-0.1, -0.05) is 13.8 Å². The van der Waals surface area contributed by atoms with Crippen LogP contribution in [-0.4, -0.2) is 61.7 Å². The summed E-state index contributed by atoms with van der Waals surface area (Å²) < 4.78 is 0. The zero-order valence-corrected chi connectivity index (χ0v) is 13.6. The maximum absolute atomic E-state index is 3.32. The summed E-state index contributed by atoms with van der Waals surface area (Å²) in [5, 5.41) is 3.32. The molecule has 3 heteroatoms. The third-order valence-corrected chi connectivity index (χ3v) is 5.87. The fourth-order valence-corrected chi connectivity index (χ4v) is 5.12. The maximum atomic E-state index is 3.32. The highest BCUT2D eigenvalue weighted by Crippen LogP contribution is 2.45. The van der Waals surface area contributed by atoms with Crippen molar-refractivity contribution in [2.24, 2.45) is 17.8 Å². The molecule has 0 saturated carbocycles. The highest BCUT2D eigenvalue weighted by atomic mass is 15.3. The molecule has 0 amide bonds. The van der Waals surface area contributed by atoms with Crippen LogP contribution in [0.2, 0.25) is 0 Å². The van der Waals surface area contributed by atoms with Crippen LogP contribution >= 0.6 is 0 Å². The van der Waals surface area contributed by atoms with Crippen molar-refractivity contribution >= 4 is 0 Å². The van der Waals surface area contributed by atoms with E-state index in [9.17, 15) is 0 Å². The summed E-state index contributed by atoms with van der Waals surface area (Å²) in [5.41, 5.74) is 0. The molecule has 0 aromatic heterocycles. The molecule has 3 nitrogen and oxygen atoms in total. The van der Waals surface area contributed by atoms with Crippen molar-refractivity contribution < 1.29 is 0 Å². The first-order valence-corrected chi connectivity index (χ1v) is 8.83. The second-order valence-electron chi connectivity index (χ2n) is 7.69. The molecule has 0 aliphatic carbocycles. The van der Waals surface area contributed by atoms with Gasteiger partial charge in [-0.25, -0.2) is 0 Å². The molecule has 3 unspecified atom stereocenters. The van der Waals surface area contributed by atoms with Crippen molar-refractivity contribution in [2.45, 2.75) is 51.6 Å². The minimum absolute atomic E-state index is 0.801. The van der Waals surface area contributed by atoms with Crippen molar-refractivity contribution in [2.75, 3.05) is 39.8 Å². The second kappa shape index (κ2) is 6.33. The molecule has 4 rings (SSSR count). The lowest BCUT2D eigenvalue weighted by Crippen LogP contribution is -2.57. The molecule has 4 heterocycles. The van der Waals surface area contributed by atoms with Gasteiger partial charge in [-0.05, 0) is 70.1 Å². The predicted molar refractivity (Wildman–Crippen MR) is 84.9 cm³/mol. The first-order chi connectivity index (χ1) is 9.70. The van der Waals surface area contributed by atoms with Crippen LogP contribution in [0.25, 0.3) is 0 Å². The minimum Gasteiger partial charge on any atom is -0.320 e. The van der Waals surface area contributed by atoms with Gasteiger partial charge in [0, 0.05) is 25.2 Å². The number of nitrogens with one attached hydrogen (secondary N) is 1. The topological polar surface area (TPSA) is 18.5 Å². The Kier molecular flexibility index (Phi) is 4.68. The molecule has 0 radical (unpaired) electrons. The average molecular weight is 279 g/mol. The van der Waals surface area contributed by atoms with Crippen LogP contribution in [0.5, 0.6) is 0 Å². The van der Waals surface area contributed by atoms with E-state index < -0.39 is 0 Å². The van der Waals surface area contributed by atoms with Gasteiger partial charge in [0.2, 0.25) is 0 Å². The first-order valence-electron chi connectivity index (χ1n) is 8.83. The molecular formula is C17H33N3. The standard InChI is InChI=1S/C17H33N3/c1-13(2)11-20-12-15-14-6-9-19(10-7-14)17(15)16(20)5-4-8-18-3/h13-18H,4-12H2,1-3H3. The summed E-state index contributed by atoms with van der Waals surface area (Å²) in [6.45, 7) is 11.4. The third kappa shape index (κ3) is 2.77. The van der Waals surface area contributed by atoms with Crippen LogP contribution in [0.1, 0.15) is 39.5 Å². The van der Waals surface area contributed by atoms with Crippen molar-refractivity contribution in [3.8, 4) is 0 Å². The van der Waals surface area contributed by atoms with Gasteiger partial charge < -0.3 is 5.32 Å². The van der Waals surface area contributed by atoms with Gasteiger partial charge in [0.05, 0.1) is 0 Å². The minimum atomic E-state index is 0.801. The Balaban J connectivity index is 1.70. The van der Waals surface area contributed by atoms with Crippen molar-refractivity contribution in [1.82, 2.24) is 15.1 Å². The lowest BCUT2D eigenvalue weighted by Gasteiger charge is -2.49. The number of rotatable bonds is 6. The summed E-state index contributed by atoms with van der Waals surface area (Å²) in [5.74, 6) is 2.82. The molecule has 116 valence electrons. The van der Waals surface area contributed by atoms with Gasteiger partial charge in [-0.3, -0.25) is 9.80 Å². The Hall–Kier alpha value is -0.120. The zero-order valence-electron chi connectivity index (χ0n) is 13.6. The van der Waals surface area contributed by atoms with Crippen molar-refractivity contribution in [1.29, 1.82) is 0 Å². The number of hydrogen-bond acceptors (Lipinski definition) is 3.